The number of methoxy groups -OCH3 is 2. The number of nitrogens with one attached hydrogen (secondary N) is 2. The van der Waals surface area contributed by atoms with Gasteiger partial charge >= 0.3 is 0 Å². The number of aromatic nitrogens is 3. The van der Waals surface area contributed by atoms with Gasteiger partial charge in [0.2, 0.25) is 5.95 Å². The molecule has 1 atom stereocenters. The summed E-state index contributed by atoms with van der Waals surface area (Å²) < 4.78 is 33.5. The number of hydrogen-bond donors (Lipinski definition) is 2. The van der Waals surface area contributed by atoms with E-state index in [1.54, 1.807) is 32.4 Å². The Morgan fingerprint density at radius 2 is 2.00 bits per heavy atom. The first-order chi connectivity index (χ1) is 12.0. The molecule has 134 valence electrons. The Morgan fingerprint density at radius 3 is 2.68 bits per heavy atom. The summed E-state index contributed by atoms with van der Waals surface area (Å²) in [4.78, 5) is 4.31. The molecule has 10 heteroatoms. The van der Waals surface area contributed by atoms with Crippen molar-refractivity contribution in [1.82, 2.24) is 15.2 Å². The van der Waals surface area contributed by atoms with Crippen molar-refractivity contribution in [3.8, 4) is 11.5 Å². The second-order valence-electron chi connectivity index (χ2n) is 5.60. The third-order valence-electron chi connectivity index (χ3n) is 3.78. The lowest BCUT2D eigenvalue weighted by Gasteiger charge is -2.12. The molecule has 0 radical (unpaired) electrons. The zero-order chi connectivity index (χ0) is 17.9. The number of anilines is 3. The molecule has 2 N–H and O–H groups in total. The van der Waals surface area contributed by atoms with Crippen molar-refractivity contribution in [3.05, 3.63) is 24.4 Å². The van der Waals surface area contributed by atoms with Crippen molar-refractivity contribution >= 4 is 27.3 Å². The molecule has 1 aliphatic rings. The zero-order valence-corrected chi connectivity index (χ0v) is 14.7. The van der Waals surface area contributed by atoms with Crippen LogP contribution in [0.15, 0.2) is 24.4 Å². The maximum Gasteiger partial charge on any atom is 0.249 e. The molecule has 25 heavy (non-hydrogen) atoms. The van der Waals surface area contributed by atoms with Crippen LogP contribution in [0.25, 0.3) is 0 Å². The Labute approximate surface area is 145 Å². The molecule has 2 heterocycles. The molecule has 2 aromatic rings. The minimum absolute atomic E-state index is 0.107. The van der Waals surface area contributed by atoms with Crippen LogP contribution in [0.3, 0.4) is 0 Å². The summed E-state index contributed by atoms with van der Waals surface area (Å²) in [5, 5.41) is 13.9. The van der Waals surface area contributed by atoms with Crippen LogP contribution < -0.4 is 20.1 Å². The van der Waals surface area contributed by atoms with E-state index >= 15 is 0 Å². The summed E-state index contributed by atoms with van der Waals surface area (Å²) in [6.07, 6.45) is 2.02. The van der Waals surface area contributed by atoms with Crippen molar-refractivity contribution in [1.29, 1.82) is 0 Å². The molecule has 0 amide bonds. The fourth-order valence-electron chi connectivity index (χ4n) is 2.59. The first-order valence-electron chi connectivity index (χ1n) is 7.65. The normalized spacial score (nSPS) is 18.6. The minimum atomic E-state index is -2.96. The molecule has 0 spiro atoms. The van der Waals surface area contributed by atoms with Crippen LogP contribution in [0.2, 0.25) is 0 Å². The van der Waals surface area contributed by atoms with Crippen LogP contribution in [-0.2, 0) is 9.84 Å². The molecule has 9 nitrogen and oxygen atoms in total. The topological polar surface area (TPSA) is 115 Å². The largest absolute Gasteiger partial charge is 0.493 e. The Bertz CT molecular complexity index is 859. The van der Waals surface area contributed by atoms with Crippen LogP contribution in [0.4, 0.5) is 17.5 Å². The molecule has 0 saturated carbocycles. The lowest BCUT2D eigenvalue weighted by atomic mass is 10.2. The summed E-state index contributed by atoms with van der Waals surface area (Å²) in [5.41, 5.74) is 0.708. The van der Waals surface area contributed by atoms with E-state index in [1.165, 1.54) is 6.20 Å². The van der Waals surface area contributed by atoms with E-state index < -0.39 is 9.84 Å². The number of rotatable bonds is 6. The monoisotopic (exact) mass is 365 g/mol. The summed E-state index contributed by atoms with van der Waals surface area (Å²) in [7, 11) is 0.165. The molecule has 1 aliphatic heterocycles. The van der Waals surface area contributed by atoms with Gasteiger partial charge in [0.05, 0.1) is 31.9 Å². The smallest absolute Gasteiger partial charge is 0.249 e. The van der Waals surface area contributed by atoms with Gasteiger partial charge in [0.25, 0.3) is 0 Å². The lowest BCUT2D eigenvalue weighted by molar-refractivity contribution is 0.355. The molecule has 1 fully saturated rings. The van der Waals surface area contributed by atoms with Gasteiger partial charge in [-0.1, -0.05) is 0 Å². The van der Waals surface area contributed by atoms with E-state index in [4.69, 9.17) is 9.47 Å². The van der Waals surface area contributed by atoms with Crippen molar-refractivity contribution in [2.24, 2.45) is 0 Å². The van der Waals surface area contributed by atoms with E-state index in [1.807, 2.05) is 0 Å². The zero-order valence-electron chi connectivity index (χ0n) is 13.9. The van der Waals surface area contributed by atoms with E-state index in [0.29, 0.717) is 29.4 Å². The molecule has 0 aliphatic carbocycles. The summed E-state index contributed by atoms with van der Waals surface area (Å²) in [6.45, 7) is 0. The van der Waals surface area contributed by atoms with Gasteiger partial charge in [-0.3, -0.25) is 0 Å². The molecular formula is C15H19N5O4S. The maximum atomic E-state index is 11.5. The molecule has 1 aromatic heterocycles. The lowest BCUT2D eigenvalue weighted by Crippen LogP contribution is -2.21. The van der Waals surface area contributed by atoms with Gasteiger partial charge in [0.1, 0.15) is 0 Å². The van der Waals surface area contributed by atoms with Gasteiger partial charge in [-0.2, -0.15) is 10.1 Å². The molecule has 1 aromatic carbocycles. The van der Waals surface area contributed by atoms with Crippen LogP contribution in [0, 0.1) is 0 Å². The van der Waals surface area contributed by atoms with Gasteiger partial charge in [0.15, 0.2) is 27.2 Å². The van der Waals surface area contributed by atoms with Gasteiger partial charge < -0.3 is 20.1 Å². The fourth-order valence-corrected chi connectivity index (χ4v) is 4.26. The highest BCUT2D eigenvalue weighted by molar-refractivity contribution is 7.91. The maximum absolute atomic E-state index is 11.5. The van der Waals surface area contributed by atoms with E-state index in [0.717, 1.165) is 0 Å². The predicted molar refractivity (Wildman–Crippen MR) is 93.3 cm³/mol. The quantitative estimate of drug-likeness (QED) is 0.779. The molecule has 1 saturated heterocycles. The second-order valence-corrected chi connectivity index (χ2v) is 7.83. The first kappa shape index (κ1) is 17.2. The van der Waals surface area contributed by atoms with Gasteiger partial charge in [-0.05, 0) is 18.6 Å². The summed E-state index contributed by atoms with van der Waals surface area (Å²) in [6, 6.07) is 5.16. The number of sulfone groups is 1. The standard InChI is InChI=1S/C15H19N5O4S/c1-23-12-4-3-10(7-13(12)24-2)18-15-19-14(8-16-20-15)17-11-5-6-25(21,22)9-11/h3-4,7-8,11H,5-6,9H2,1-2H3,(H2,17,18,19,20). The number of ether oxygens (including phenoxy) is 2. The molecule has 1 unspecified atom stereocenters. The Kier molecular flexibility index (Phi) is 4.88. The Balaban J connectivity index is 1.71. The fraction of sp³-hybridized carbons (Fsp3) is 0.400. The van der Waals surface area contributed by atoms with Crippen molar-refractivity contribution in [2.75, 3.05) is 36.4 Å². The van der Waals surface area contributed by atoms with Crippen molar-refractivity contribution in [2.45, 2.75) is 12.5 Å². The third-order valence-corrected chi connectivity index (χ3v) is 5.55. The van der Waals surface area contributed by atoms with Gasteiger partial charge in [-0.25, -0.2) is 8.42 Å². The SMILES string of the molecule is COc1ccc(Nc2nncc(NC3CCS(=O)(=O)C3)n2)cc1OC. The predicted octanol–water partition coefficient (Wildman–Crippen LogP) is 1.23. The highest BCUT2D eigenvalue weighted by Crippen LogP contribution is 2.30. The van der Waals surface area contributed by atoms with Crippen LogP contribution >= 0.6 is 0 Å². The van der Waals surface area contributed by atoms with Crippen LogP contribution in [0.1, 0.15) is 6.42 Å². The highest BCUT2D eigenvalue weighted by atomic mass is 32.2. The number of nitrogens with zero attached hydrogens (tertiary/aromatic N) is 3. The Hall–Kier alpha value is -2.62. The molecular weight excluding hydrogens is 346 g/mol. The molecule has 3 rings (SSSR count). The highest BCUT2D eigenvalue weighted by Gasteiger charge is 2.28. The molecule has 0 bridgehead atoms. The van der Waals surface area contributed by atoms with E-state index in [2.05, 4.69) is 25.8 Å². The first-order valence-corrected chi connectivity index (χ1v) is 9.47. The van der Waals surface area contributed by atoms with Gasteiger partial charge in [-0.15, -0.1) is 5.10 Å². The third kappa shape index (κ3) is 4.27. The Morgan fingerprint density at radius 1 is 1.20 bits per heavy atom. The summed E-state index contributed by atoms with van der Waals surface area (Å²) >= 11 is 0. The average molecular weight is 365 g/mol. The van der Waals surface area contributed by atoms with Gasteiger partial charge in [0, 0.05) is 17.8 Å². The average Bonchev–Trinajstić information content (AvgIpc) is 2.93. The number of hydrogen-bond acceptors (Lipinski definition) is 9. The van der Waals surface area contributed by atoms with E-state index in [-0.39, 0.29) is 23.5 Å². The minimum Gasteiger partial charge on any atom is -0.493 e. The van der Waals surface area contributed by atoms with Crippen LogP contribution in [-0.4, -0.2) is 55.4 Å². The van der Waals surface area contributed by atoms with Crippen molar-refractivity contribution in [3.63, 3.8) is 0 Å². The number of benzene rings is 1. The summed E-state index contributed by atoms with van der Waals surface area (Å²) in [5.74, 6) is 2.25. The second kappa shape index (κ2) is 7.09. The van der Waals surface area contributed by atoms with E-state index in [9.17, 15) is 8.42 Å². The van der Waals surface area contributed by atoms with Crippen molar-refractivity contribution < 1.29 is 17.9 Å². The van der Waals surface area contributed by atoms with Crippen LogP contribution in [0.5, 0.6) is 11.5 Å².